The number of hydrogen-bond acceptors (Lipinski definition) is 3. The third kappa shape index (κ3) is 4.72. The number of benzene rings is 3. The molecule has 0 aliphatic heterocycles. The normalized spacial score (nSPS) is 12.7. The monoisotopic (exact) mass is 399 g/mol. The SMILES string of the molecule is O=C(Nc1ccccc1C(=O)Nc1ccc(NC(=O)C2CC2)cc1)c1ccccc1. The highest BCUT2D eigenvalue weighted by Crippen LogP contribution is 2.30. The molecule has 30 heavy (non-hydrogen) atoms. The Kier molecular flexibility index (Phi) is 5.57. The zero-order valence-electron chi connectivity index (χ0n) is 16.2. The number of anilines is 3. The van der Waals surface area contributed by atoms with Crippen LogP contribution in [0.15, 0.2) is 78.9 Å². The average Bonchev–Trinajstić information content (AvgIpc) is 3.62. The number of amides is 3. The molecule has 150 valence electrons. The van der Waals surface area contributed by atoms with Crippen LogP contribution < -0.4 is 16.0 Å². The first-order valence-corrected chi connectivity index (χ1v) is 9.78. The summed E-state index contributed by atoms with van der Waals surface area (Å²) in [5, 5.41) is 8.48. The molecule has 3 aromatic carbocycles. The lowest BCUT2D eigenvalue weighted by Gasteiger charge is -2.12. The quantitative estimate of drug-likeness (QED) is 0.569. The van der Waals surface area contributed by atoms with Crippen molar-refractivity contribution >= 4 is 34.8 Å². The summed E-state index contributed by atoms with van der Waals surface area (Å²) in [5.74, 6) is -0.456. The van der Waals surface area contributed by atoms with Crippen molar-refractivity contribution in [1.29, 1.82) is 0 Å². The lowest BCUT2D eigenvalue weighted by molar-refractivity contribution is -0.117. The molecule has 0 atom stereocenters. The first kappa shape index (κ1) is 19.4. The Morgan fingerprint density at radius 3 is 1.90 bits per heavy atom. The first-order valence-electron chi connectivity index (χ1n) is 9.78. The van der Waals surface area contributed by atoms with Gasteiger partial charge >= 0.3 is 0 Å². The van der Waals surface area contributed by atoms with Crippen LogP contribution in [0.2, 0.25) is 0 Å². The predicted octanol–water partition coefficient (Wildman–Crippen LogP) is 4.54. The summed E-state index contributed by atoms with van der Waals surface area (Å²) in [6.07, 6.45) is 1.89. The molecule has 3 N–H and O–H groups in total. The minimum absolute atomic E-state index is 0.0369. The molecule has 3 aromatic rings. The zero-order valence-corrected chi connectivity index (χ0v) is 16.2. The number of rotatable bonds is 6. The molecule has 6 nitrogen and oxygen atoms in total. The maximum atomic E-state index is 12.8. The number of nitrogens with one attached hydrogen (secondary N) is 3. The summed E-state index contributed by atoms with van der Waals surface area (Å²) >= 11 is 0. The number of para-hydroxylation sites is 1. The van der Waals surface area contributed by atoms with Crippen LogP contribution in [0.1, 0.15) is 33.6 Å². The Hall–Kier alpha value is -3.93. The standard InChI is InChI=1S/C24H21N3O3/c28-22(17-10-11-17)25-18-12-14-19(15-13-18)26-24(30)20-8-4-5-9-21(20)27-23(29)16-6-2-1-3-7-16/h1-9,12-15,17H,10-11H2,(H,25,28)(H,26,30)(H,27,29). The molecule has 1 aliphatic carbocycles. The van der Waals surface area contributed by atoms with Gasteiger partial charge in [0, 0.05) is 22.9 Å². The van der Waals surface area contributed by atoms with E-state index in [1.54, 1.807) is 72.8 Å². The minimum Gasteiger partial charge on any atom is -0.326 e. The molecule has 3 amide bonds. The second-order valence-corrected chi connectivity index (χ2v) is 7.16. The van der Waals surface area contributed by atoms with Gasteiger partial charge in [0.05, 0.1) is 11.3 Å². The molecule has 1 saturated carbocycles. The van der Waals surface area contributed by atoms with Gasteiger partial charge < -0.3 is 16.0 Å². The van der Waals surface area contributed by atoms with Gasteiger partial charge in [-0.1, -0.05) is 30.3 Å². The predicted molar refractivity (Wildman–Crippen MR) is 117 cm³/mol. The minimum atomic E-state index is -0.339. The van der Waals surface area contributed by atoms with Gasteiger partial charge in [-0.3, -0.25) is 14.4 Å². The van der Waals surface area contributed by atoms with Gasteiger partial charge in [-0.05, 0) is 61.4 Å². The third-order valence-corrected chi connectivity index (χ3v) is 4.81. The van der Waals surface area contributed by atoms with E-state index in [1.807, 2.05) is 6.07 Å². The van der Waals surface area contributed by atoms with Crippen LogP contribution in [0.25, 0.3) is 0 Å². The Labute approximate surface area is 174 Å². The maximum Gasteiger partial charge on any atom is 0.257 e. The van der Waals surface area contributed by atoms with Gasteiger partial charge in [0.2, 0.25) is 5.91 Å². The van der Waals surface area contributed by atoms with Crippen molar-refractivity contribution in [3.63, 3.8) is 0 Å². The molecule has 0 radical (unpaired) electrons. The van der Waals surface area contributed by atoms with Crippen molar-refractivity contribution in [2.75, 3.05) is 16.0 Å². The highest BCUT2D eigenvalue weighted by molar-refractivity contribution is 6.12. The molecule has 0 spiro atoms. The van der Waals surface area contributed by atoms with Crippen molar-refractivity contribution < 1.29 is 14.4 Å². The fourth-order valence-electron chi connectivity index (χ4n) is 3.00. The second kappa shape index (κ2) is 8.61. The molecule has 0 bridgehead atoms. The molecule has 0 aromatic heterocycles. The van der Waals surface area contributed by atoms with Gasteiger partial charge in [-0.15, -0.1) is 0 Å². The zero-order chi connectivity index (χ0) is 20.9. The van der Waals surface area contributed by atoms with Gasteiger partial charge in [-0.25, -0.2) is 0 Å². The Morgan fingerprint density at radius 2 is 1.23 bits per heavy atom. The van der Waals surface area contributed by atoms with E-state index in [2.05, 4.69) is 16.0 Å². The van der Waals surface area contributed by atoms with Crippen LogP contribution in [-0.2, 0) is 4.79 Å². The average molecular weight is 399 g/mol. The van der Waals surface area contributed by atoms with E-state index in [1.165, 1.54) is 0 Å². The first-order chi connectivity index (χ1) is 14.6. The molecule has 4 rings (SSSR count). The van der Waals surface area contributed by atoms with Crippen LogP contribution >= 0.6 is 0 Å². The Morgan fingerprint density at radius 1 is 0.633 bits per heavy atom. The van der Waals surface area contributed by atoms with E-state index in [0.717, 1.165) is 12.8 Å². The largest absolute Gasteiger partial charge is 0.326 e. The van der Waals surface area contributed by atoms with E-state index < -0.39 is 0 Å². The molecule has 0 heterocycles. The van der Waals surface area contributed by atoms with E-state index in [0.29, 0.717) is 28.2 Å². The summed E-state index contributed by atoms with van der Waals surface area (Å²) in [4.78, 5) is 37.1. The van der Waals surface area contributed by atoms with Crippen LogP contribution in [0.4, 0.5) is 17.1 Å². The van der Waals surface area contributed by atoms with Gasteiger partial charge in [-0.2, -0.15) is 0 Å². The van der Waals surface area contributed by atoms with E-state index >= 15 is 0 Å². The summed E-state index contributed by atoms with van der Waals surface area (Å²) in [5.41, 5.74) is 2.58. The Bertz CT molecular complexity index is 1070. The van der Waals surface area contributed by atoms with Crippen LogP contribution in [0, 0.1) is 5.92 Å². The van der Waals surface area contributed by atoms with Gasteiger partial charge in [0.1, 0.15) is 0 Å². The number of hydrogen-bond donors (Lipinski definition) is 3. The molecule has 0 unspecified atom stereocenters. The van der Waals surface area contributed by atoms with Crippen molar-refractivity contribution in [2.24, 2.45) is 5.92 Å². The van der Waals surface area contributed by atoms with Crippen LogP contribution in [0.5, 0.6) is 0 Å². The molecule has 0 saturated heterocycles. The summed E-state index contributed by atoms with van der Waals surface area (Å²) in [6, 6.07) is 22.6. The summed E-state index contributed by atoms with van der Waals surface area (Å²) < 4.78 is 0. The van der Waals surface area contributed by atoms with Crippen molar-refractivity contribution in [3.05, 3.63) is 90.0 Å². The molecule has 1 fully saturated rings. The highest BCUT2D eigenvalue weighted by Gasteiger charge is 2.29. The summed E-state index contributed by atoms with van der Waals surface area (Å²) in [7, 11) is 0. The maximum absolute atomic E-state index is 12.8. The van der Waals surface area contributed by atoms with Crippen LogP contribution in [0.3, 0.4) is 0 Å². The fraction of sp³-hybridized carbons (Fsp3) is 0.125. The Balaban J connectivity index is 1.43. The third-order valence-electron chi connectivity index (χ3n) is 4.81. The lowest BCUT2D eigenvalue weighted by Crippen LogP contribution is -2.18. The van der Waals surface area contributed by atoms with E-state index in [4.69, 9.17) is 0 Å². The molecular formula is C24H21N3O3. The van der Waals surface area contributed by atoms with Crippen molar-refractivity contribution in [1.82, 2.24) is 0 Å². The van der Waals surface area contributed by atoms with Crippen molar-refractivity contribution in [2.45, 2.75) is 12.8 Å². The van der Waals surface area contributed by atoms with Gasteiger partial charge in [0.25, 0.3) is 11.8 Å². The molecule has 1 aliphatic rings. The summed E-state index contributed by atoms with van der Waals surface area (Å²) in [6.45, 7) is 0. The smallest absolute Gasteiger partial charge is 0.257 e. The lowest BCUT2D eigenvalue weighted by atomic mass is 10.1. The topological polar surface area (TPSA) is 87.3 Å². The second-order valence-electron chi connectivity index (χ2n) is 7.16. The highest BCUT2D eigenvalue weighted by atomic mass is 16.2. The fourth-order valence-corrected chi connectivity index (χ4v) is 3.00. The number of carbonyl (C=O) groups is 3. The van der Waals surface area contributed by atoms with Gasteiger partial charge in [0.15, 0.2) is 0 Å². The molecule has 6 heteroatoms. The van der Waals surface area contributed by atoms with Crippen molar-refractivity contribution in [3.8, 4) is 0 Å². The van der Waals surface area contributed by atoms with E-state index in [-0.39, 0.29) is 23.6 Å². The number of carbonyl (C=O) groups excluding carboxylic acids is 3. The molecular weight excluding hydrogens is 378 g/mol. The van der Waals surface area contributed by atoms with Crippen LogP contribution in [-0.4, -0.2) is 17.7 Å². The van der Waals surface area contributed by atoms with E-state index in [9.17, 15) is 14.4 Å².